The Kier molecular flexibility index (Phi) is 6.09. The molecule has 0 unspecified atom stereocenters. The van der Waals surface area contributed by atoms with Gasteiger partial charge in [0.25, 0.3) is 5.91 Å². The summed E-state index contributed by atoms with van der Waals surface area (Å²) in [6.45, 7) is 2.66. The molecule has 0 aliphatic rings. The first-order chi connectivity index (χ1) is 15.0. The van der Waals surface area contributed by atoms with Crippen molar-refractivity contribution in [3.63, 3.8) is 0 Å². The van der Waals surface area contributed by atoms with E-state index in [2.05, 4.69) is 20.6 Å². The first-order valence-corrected chi connectivity index (χ1v) is 10.2. The van der Waals surface area contributed by atoms with Gasteiger partial charge in [-0.25, -0.2) is 14.4 Å². The first-order valence-electron chi connectivity index (χ1n) is 9.82. The summed E-state index contributed by atoms with van der Waals surface area (Å²) in [5, 5.41) is 7.30. The fraction of sp³-hybridized carbons (Fsp3) is 0.125. The number of carbonyl (C=O) groups excluding carboxylic acids is 1. The maximum atomic E-state index is 13.0. The van der Waals surface area contributed by atoms with Crippen molar-refractivity contribution in [3.05, 3.63) is 94.5 Å². The summed E-state index contributed by atoms with van der Waals surface area (Å²) >= 11 is 6.09. The molecule has 0 bridgehead atoms. The number of hydrogen-bond donors (Lipinski definition) is 2. The zero-order valence-electron chi connectivity index (χ0n) is 16.8. The molecule has 0 saturated carbocycles. The lowest BCUT2D eigenvalue weighted by Crippen LogP contribution is -2.12. The number of benzene rings is 3. The van der Waals surface area contributed by atoms with Gasteiger partial charge in [0.1, 0.15) is 11.6 Å². The summed E-state index contributed by atoms with van der Waals surface area (Å²) in [5.74, 6) is 0.0565. The lowest BCUT2D eigenvalue weighted by molar-refractivity contribution is 0.102. The van der Waals surface area contributed by atoms with Gasteiger partial charge in [-0.1, -0.05) is 24.3 Å². The SMILES string of the molecule is Cc1cccc2c(NCCc3ccc(NC(=O)c4ccc(F)cc4)cc3)nc(Cl)nc12. The third kappa shape index (κ3) is 4.98. The largest absolute Gasteiger partial charge is 0.369 e. The molecule has 1 heterocycles. The topological polar surface area (TPSA) is 66.9 Å². The van der Waals surface area contributed by atoms with Gasteiger partial charge in [0.05, 0.1) is 5.52 Å². The number of para-hydroxylation sites is 1. The van der Waals surface area contributed by atoms with E-state index in [0.717, 1.165) is 28.5 Å². The molecule has 0 spiro atoms. The molecule has 3 aromatic carbocycles. The Morgan fingerprint density at radius 3 is 2.48 bits per heavy atom. The summed E-state index contributed by atoms with van der Waals surface area (Å²) in [4.78, 5) is 20.9. The van der Waals surface area contributed by atoms with Crippen LogP contribution < -0.4 is 10.6 Å². The molecule has 0 aliphatic carbocycles. The second-order valence-electron chi connectivity index (χ2n) is 7.15. The van der Waals surface area contributed by atoms with Crippen LogP contribution in [0, 0.1) is 12.7 Å². The van der Waals surface area contributed by atoms with Gasteiger partial charge >= 0.3 is 0 Å². The molecule has 4 rings (SSSR count). The Balaban J connectivity index is 1.37. The molecular formula is C24H20ClFN4O. The van der Waals surface area contributed by atoms with Crippen molar-refractivity contribution in [3.8, 4) is 0 Å². The predicted molar refractivity (Wildman–Crippen MR) is 122 cm³/mol. The molecular weight excluding hydrogens is 415 g/mol. The summed E-state index contributed by atoms with van der Waals surface area (Å²) in [7, 11) is 0. The maximum absolute atomic E-state index is 13.0. The van der Waals surface area contributed by atoms with Crippen LogP contribution in [-0.2, 0) is 6.42 Å². The maximum Gasteiger partial charge on any atom is 0.255 e. The highest BCUT2D eigenvalue weighted by Gasteiger charge is 2.09. The van der Waals surface area contributed by atoms with E-state index in [1.807, 2.05) is 49.4 Å². The lowest BCUT2D eigenvalue weighted by Gasteiger charge is -2.11. The molecule has 0 fully saturated rings. The summed E-state index contributed by atoms with van der Waals surface area (Å²) in [5.41, 5.74) is 4.07. The summed E-state index contributed by atoms with van der Waals surface area (Å²) < 4.78 is 13.0. The number of rotatable bonds is 6. The van der Waals surface area contributed by atoms with Gasteiger partial charge in [-0.3, -0.25) is 4.79 Å². The van der Waals surface area contributed by atoms with Crippen LogP contribution >= 0.6 is 11.6 Å². The first kappa shape index (κ1) is 20.8. The van der Waals surface area contributed by atoms with Crippen LogP contribution in [0.25, 0.3) is 10.9 Å². The van der Waals surface area contributed by atoms with Crippen molar-refractivity contribution in [1.82, 2.24) is 9.97 Å². The number of nitrogens with one attached hydrogen (secondary N) is 2. The molecule has 156 valence electrons. The third-order valence-corrected chi connectivity index (χ3v) is 5.09. The zero-order chi connectivity index (χ0) is 21.8. The molecule has 7 heteroatoms. The number of nitrogens with zero attached hydrogens (tertiary/aromatic N) is 2. The van der Waals surface area contributed by atoms with E-state index in [1.54, 1.807) is 0 Å². The Morgan fingerprint density at radius 2 is 1.74 bits per heavy atom. The molecule has 5 nitrogen and oxygen atoms in total. The molecule has 2 N–H and O–H groups in total. The van der Waals surface area contributed by atoms with Crippen molar-refractivity contribution < 1.29 is 9.18 Å². The second-order valence-corrected chi connectivity index (χ2v) is 7.49. The Morgan fingerprint density at radius 1 is 1.00 bits per heavy atom. The quantitative estimate of drug-likeness (QED) is 0.385. The molecule has 0 aliphatic heterocycles. The van der Waals surface area contributed by atoms with Crippen molar-refractivity contribution in [1.29, 1.82) is 0 Å². The van der Waals surface area contributed by atoms with Crippen molar-refractivity contribution >= 4 is 39.9 Å². The fourth-order valence-electron chi connectivity index (χ4n) is 3.29. The van der Waals surface area contributed by atoms with Gasteiger partial charge < -0.3 is 10.6 Å². The van der Waals surface area contributed by atoms with Gasteiger partial charge in [0, 0.05) is 23.2 Å². The number of aryl methyl sites for hydroxylation is 1. The second kappa shape index (κ2) is 9.10. The van der Waals surface area contributed by atoms with Gasteiger partial charge in [0.15, 0.2) is 0 Å². The van der Waals surface area contributed by atoms with E-state index in [4.69, 9.17) is 11.6 Å². The molecule has 0 saturated heterocycles. The minimum Gasteiger partial charge on any atom is -0.369 e. The predicted octanol–water partition coefficient (Wildman–Crippen LogP) is 5.64. The normalized spacial score (nSPS) is 10.8. The van der Waals surface area contributed by atoms with Crippen LogP contribution in [0.5, 0.6) is 0 Å². The molecule has 4 aromatic rings. The number of hydrogen-bond acceptors (Lipinski definition) is 4. The minimum absolute atomic E-state index is 0.213. The number of aromatic nitrogens is 2. The average molecular weight is 435 g/mol. The minimum atomic E-state index is -0.373. The van der Waals surface area contributed by atoms with Gasteiger partial charge in [0.2, 0.25) is 5.28 Å². The van der Waals surface area contributed by atoms with Crippen LogP contribution in [0.15, 0.2) is 66.7 Å². The molecule has 1 aromatic heterocycles. The standard InChI is InChI=1S/C24H20ClFN4O/c1-15-3-2-4-20-21(15)29-24(25)30-22(20)27-14-13-16-5-11-19(12-6-16)28-23(31)17-7-9-18(26)10-8-17/h2-12H,13-14H2,1H3,(H,28,31)(H,27,29,30). The van der Waals surface area contributed by atoms with Crippen LogP contribution in [0.4, 0.5) is 15.9 Å². The number of fused-ring (bicyclic) bond motifs is 1. The van der Waals surface area contributed by atoms with E-state index in [-0.39, 0.29) is 17.0 Å². The Bertz CT molecular complexity index is 1230. The zero-order valence-corrected chi connectivity index (χ0v) is 17.6. The van der Waals surface area contributed by atoms with Crippen molar-refractivity contribution in [2.45, 2.75) is 13.3 Å². The number of carbonyl (C=O) groups is 1. The van der Waals surface area contributed by atoms with E-state index >= 15 is 0 Å². The smallest absolute Gasteiger partial charge is 0.255 e. The third-order valence-electron chi connectivity index (χ3n) is 4.93. The Labute approximate surface area is 184 Å². The highest BCUT2D eigenvalue weighted by atomic mass is 35.5. The highest BCUT2D eigenvalue weighted by Crippen LogP contribution is 2.24. The van der Waals surface area contributed by atoms with Crippen LogP contribution in [0.2, 0.25) is 5.28 Å². The lowest BCUT2D eigenvalue weighted by atomic mass is 10.1. The van der Waals surface area contributed by atoms with E-state index < -0.39 is 0 Å². The van der Waals surface area contributed by atoms with Crippen LogP contribution in [-0.4, -0.2) is 22.4 Å². The molecule has 31 heavy (non-hydrogen) atoms. The molecule has 0 radical (unpaired) electrons. The average Bonchev–Trinajstić information content (AvgIpc) is 2.76. The van der Waals surface area contributed by atoms with E-state index in [0.29, 0.717) is 23.6 Å². The van der Waals surface area contributed by atoms with Crippen molar-refractivity contribution in [2.24, 2.45) is 0 Å². The van der Waals surface area contributed by atoms with Gasteiger partial charge in [-0.2, -0.15) is 0 Å². The highest BCUT2D eigenvalue weighted by molar-refractivity contribution is 6.28. The van der Waals surface area contributed by atoms with E-state index in [1.165, 1.54) is 24.3 Å². The summed E-state index contributed by atoms with van der Waals surface area (Å²) in [6.07, 6.45) is 0.765. The number of halogens is 2. The Hall–Kier alpha value is -3.51. The summed E-state index contributed by atoms with van der Waals surface area (Å²) in [6, 6.07) is 19.0. The van der Waals surface area contributed by atoms with Crippen LogP contribution in [0.1, 0.15) is 21.5 Å². The number of anilines is 2. The monoisotopic (exact) mass is 434 g/mol. The molecule has 1 amide bonds. The van der Waals surface area contributed by atoms with Crippen LogP contribution in [0.3, 0.4) is 0 Å². The number of amides is 1. The fourth-order valence-corrected chi connectivity index (χ4v) is 3.46. The van der Waals surface area contributed by atoms with E-state index in [9.17, 15) is 9.18 Å². The van der Waals surface area contributed by atoms with Gasteiger partial charge in [-0.15, -0.1) is 0 Å². The van der Waals surface area contributed by atoms with Gasteiger partial charge in [-0.05, 0) is 78.5 Å². The molecule has 0 atom stereocenters. The van der Waals surface area contributed by atoms with Crippen molar-refractivity contribution in [2.75, 3.05) is 17.2 Å².